The minimum absolute atomic E-state index is 0.257. The first kappa shape index (κ1) is 10.7. The zero-order valence-corrected chi connectivity index (χ0v) is 8.84. The first-order chi connectivity index (χ1) is 5.87. The van der Waals surface area contributed by atoms with Crippen LogP contribution in [0, 0.1) is 11.3 Å². The fourth-order valence-electron chi connectivity index (χ4n) is 1.87. The lowest BCUT2D eigenvalue weighted by molar-refractivity contribution is -0.109. The number of hydrogen-bond acceptors (Lipinski definition) is 2. The molecule has 2 nitrogen and oxygen atoms in total. The van der Waals surface area contributed by atoms with Crippen LogP contribution >= 0.6 is 0 Å². The smallest absolute Gasteiger partial charge is 0.123 e. The number of rotatable bonds is 5. The van der Waals surface area contributed by atoms with Gasteiger partial charge >= 0.3 is 0 Å². The van der Waals surface area contributed by atoms with Gasteiger partial charge in [0.1, 0.15) is 6.29 Å². The molecule has 2 atom stereocenters. The first-order valence-corrected chi connectivity index (χ1v) is 5.05. The number of hydrogen-bond donors (Lipinski definition) is 1. The van der Waals surface area contributed by atoms with Crippen LogP contribution < -0.4 is 0 Å². The van der Waals surface area contributed by atoms with E-state index in [0.717, 1.165) is 32.0 Å². The summed E-state index contributed by atoms with van der Waals surface area (Å²) in [4.78, 5) is 10.5. The fourth-order valence-corrected chi connectivity index (χ4v) is 1.87. The molecule has 13 heavy (non-hydrogen) atoms. The van der Waals surface area contributed by atoms with Crippen molar-refractivity contribution in [2.45, 2.75) is 52.1 Å². The van der Waals surface area contributed by atoms with Crippen LogP contribution in [0.2, 0.25) is 0 Å². The molecule has 76 valence electrons. The van der Waals surface area contributed by atoms with Gasteiger partial charge in [-0.3, -0.25) is 0 Å². The number of aliphatic hydroxyl groups is 1. The topological polar surface area (TPSA) is 37.3 Å². The second-order valence-corrected chi connectivity index (χ2v) is 5.27. The molecule has 1 saturated carbocycles. The Morgan fingerprint density at radius 1 is 1.62 bits per heavy atom. The highest BCUT2D eigenvalue weighted by Gasteiger charge is 2.48. The van der Waals surface area contributed by atoms with Crippen molar-refractivity contribution in [1.29, 1.82) is 0 Å². The van der Waals surface area contributed by atoms with Crippen molar-refractivity contribution < 1.29 is 9.90 Å². The average Bonchev–Trinajstić information content (AvgIpc) is 2.59. The van der Waals surface area contributed by atoms with E-state index in [0.29, 0.717) is 0 Å². The van der Waals surface area contributed by atoms with Gasteiger partial charge in [-0.15, -0.1) is 0 Å². The Kier molecular flexibility index (Phi) is 2.81. The summed E-state index contributed by atoms with van der Waals surface area (Å²) in [6.45, 7) is 5.83. The quantitative estimate of drug-likeness (QED) is 0.665. The minimum atomic E-state index is -0.554. The summed E-state index contributed by atoms with van der Waals surface area (Å²) in [6.07, 6.45) is 5.03. The summed E-state index contributed by atoms with van der Waals surface area (Å²) in [6, 6.07) is 0. The Labute approximate surface area is 80.3 Å². The van der Waals surface area contributed by atoms with Crippen LogP contribution in [0.1, 0.15) is 46.5 Å². The van der Waals surface area contributed by atoms with Crippen LogP contribution in [-0.4, -0.2) is 17.0 Å². The van der Waals surface area contributed by atoms with Crippen LogP contribution in [0.4, 0.5) is 0 Å². The van der Waals surface area contributed by atoms with E-state index in [1.807, 2.05) is 13.8 Å². The van der Waals surface area contributed by atoms with Crippen molar-refractivity contribution in [3.8, 4) is 0 Å². The largest absolute Gasteiger partial charge is 0.390 e. The lowest BCUT2D eigenvalue weighted by atomic mass is 9.94. The Bertz CT molecular complexity index is 193. The van der Waals surface area contributed by atoms with E-state index in [1.54, 1.807) is 0 Å². The molecule has 0 heterocycles. The highest BCUT2D eigenvalue weighted by molar-refractivity contribution is 5.59. The van der Waals surface area contributed by atoms with Crippen molar-refractivity contribution >= 4 is 6.29 Å². The van der Waals surface area contributed by atoms with Crippen molar-refractivity contribution in [2.75, 3.05) is 0 Å². The molecule has 0 radical (unpaired) electrons. The molecule has 0 bridgehead atoms. The van der Waals surface area contributed by atoms with E-state index < -0.39 is 5.60 Å². The van der Waals surface area contributed by atoms with Gasteiger partial charge in [-0.05, 0) is 38.5 Å². The zero-order chi connectivity index (χ0) is 10.1. The molecule has 0 saturated heterocycles. The molecule has 1 N–H and O–H groups in total. The maximum Gasteiger partial charge on any atom is 0.123 e. The van der Waals surface area contributed by atoms with Crippen LogP contribution in [0.3, 0.4) is 0 Å². The molecule has 1 aliphatic carbocycles. The summed E-state index contributed by atoms with van der Waals surface area (Å²) < 4.78 is 0. The van der Waals surface area contributed by atoms with Gasteiger partial charge in [0.05, 0.1) is 5.60 Å². The number of carbonyl (C=O) groups excluding carboxylic acids is 1. The summed E-state index contributed by atoms with van der Waals surface area (Å²) in [5.74, 6) is 0.286. The van der Waals surface area contributed by atoms with E-state index in [2.05, 4.69) is 6.92 Å². The van der Waals surface area contributed by atoms with Gasteiger partial charge in [-0.1, -0.05) is 13.3 Å². The Balaban J connectivity index is 2.18. The monoisotopic (exact) mass is 184 g/mol. The highest BCUT2D eigenvalue weighted by atomic mass is 16.3. The Morgan fingerprint density at radius 3 is 2.62 bits per heavy atom. The van der Waals surface area contributed by atoms with E-state index in [4.69, 9.17) is 0 Å². The van der Waals surface area contributed by atoms with E-state index in [9.17, 15) is 9.90 Å². The van der Waals surface area contributed by atoms with Crippen molar-refractivity contribution in [1.82, 2.24) is 0 Å². The third kappa shape index (κ3) is 3.11. The molecule has 0 aromatic heterocycles. The molecule has 2 heteroatoms. The van der Waals surface area contributed by atoms with Crippen LogP contribution in [0.25, 0.3) is 0 Å². The number of carbonyl (C=O) groups is 1. The van der Waals surface area contributed by atoms with Gasteiger partial charge in [-0.2, -0.15) is 0 Å². The van der Waals surface area contributed by atoms with Gasteiger partial charge in [0.25, 0.3) is 0 Å². The SMILES string of the molecule is CC(C)(O)CCC[C@@]1(C)C[C@@H]1C=O. The molecule has 1 fully saturated rings. The Hall–Kier alpha value is -0.370. The molecular formula is C11H20O2. The molecule has 0 amide bonds. The third-order valence-electron chi connectivity index (χ3n) is 3.12. The predicted octanol–water partition coefficient (Wildman–Crippen LogP) is 2.15. The maximum absolute atomic E-state index is 10.5. The first-order valence-electron chi connectivity index (χ1n) is 5.05. The molecule has 1 aliphatic rings. The Morgan fingerprint density at radius 2 is 2.23 bits per heavy atom. The average molecular weight is 184 g/mol. The maximum atomic E-state index is 10.5. The normalized spacial score (nSPS) is 33.1. The van der Waals surface area contributed by atoms with Gasteiger partial charge in [0.2, 0.25) is 0 Å². The van der Waals surface area contributed by atoms with Crippen molar-refractivity contribution in [2.24, 2.45) is 11.3 Å². The molecule has 0 aromatic rings. The van der Waals surface area contributed by atoms with E-state index in [1.165, 1.54) is 0 Å². The second kappa shape index (κ2) is 3.41. The van der Waals surface area contributed by atoms with Crippen LogP contribution in [0.5, 0.6) is 0 Å². The summed E-state index contributed by atoms with van der Waals surface area (Å²) >= 11 is 0. The van der Waals surface area contributed by atoms with Gasteiger partial charge < -0.3 is 9.90 Å². The highest BCUT2D eigenvalue weighted by Crippen LogP contribution is 2.54. The third-order valence-corrected chi connectivity index (χ3v) is 3.12. The fraction of sp³-hybridized carbons (Fsp3) is 0.909. The minimum Gasteiger partial charge on any atom is -0.390 e. The molecule has 0 spiro atoms. The van der Waals surface area contributed by atoms with Crippen LogP contribution in [-0.2, 0) is 4.79 Å². The van der Waals surface area contributed by atoms with Gasteiger partial charge in [0.15, 0.2) is 0 Å². The zero-order valence-electron chi connectivity index (χ0n) is 8.84. The van der Waals surface area contributed by atoms with Crippen molar-refractivity contribution in [3.05, 3.63) is 0 Å². The molecule has 0 unspecified atom stereocenters. The lowest BCUT2D eigenvalue weighted by Crippen LogP contribution is -2.18. The second-order valence-electron chi connectivity index (χ2n) is 5.27. The molecule has 1 rings (SSSR count). The van der Waals surface area contributed by atoms with E-state index in [-0.39, 0.29) is 11.3 Å². The van der Waals surface area contributed by atoms with Crippen LogP contribution in [0.15, 0.2) is 0 Å². The summed E-state index contributed by atoms with van der Waals surface area (Å²) in [5.41, 5.74) is -0.297. The van der Waals surface area contributed by atoms with Crippen molar-refractivity contribution in [3.63, 3.8) is 0 Å². The van der Waals surface area contributed by atoms with Gasteiger partial charge in [0, 0.05) is 5.92 Å². The molecular weight excluding hydrogens is 164 g/mol. The van der Waals surface area contributed by atoms with E-state index >= 15 is 0 Å². The molecule has 0 aromatic carbocycles. The standard InChI is InChI=1S/C11H20O2/c1-10(2,13)5-4-6-11(3)7-9(11)8-12/h8-9,13H,4-7H2,1-3H3/t9-,11+/m1/s1. The molecule has 0 aliphatic heterocycles. The number of aldehydes is 1. The summed E-state index contributed by atoms with van der Waals surface area (Å²) in [7, 11) is 0. The van der Waals surface area contributed by atoms with Gasteiger partial charge in [-0.25, -0.2) is 0 Å². The predicted molar refractivity (Wildman–Crippen MR) is 52.4 cm³/mol. The lowest BCUT2D eigenvalue weighted by Gasteiger charge is -2.18. The summed E-state index contributed by atoms with van der Waals surface area (Å²) in [5, 5.41) is 9.49.